The van der Waals surface area contributed by atoms with Gasteiger partial charge < -0.3 is 19.3 Å². The number of hydrogen-bond acceptors (Lipinski definition) is 6. The van der Waals surface area contributed by atoms with Crippen LogP contribution in [-0.4, -0.2) is 67.5 Å². The highest BCUT2D eigenvalue weighted by molar-refractivity contribution is 5.35. The van der Waals surface area contributed by atoms with Crippen LogP contribution in [0.5, 0.6) is 23.0 Å². The van der Waals surface area contributed by atoms with Crippen LogP contribution >= 0.6 is 0 Å². The molecule has 0 spiro atoms. The first kappa shape index (κ1) is 24.1. The summed E-state index contributed by atoms with van der Waals surface area (Å²) in [6.07, 6.45) is -0.524. The minimum atomic E-state index is -0.524. The fourth-order valence-electron chi connectivity index (χ4n) is 4.05. The van der Waals surface area contributed by atoms with Crippen LogP contribution in [0.4, 0.5) is 0 Å². The van der Waals surface area contributed by atoms with E-state index in [0.29, 0.717) is 6.54 Å². The second-order valence-corrected chi connectivity index (χ2v) is 8.78. The van der Waals surface area contributed by atoms with Crippen LogP contribution in [0.15, 0.2) is 72.8 Å². The summed E-state index contributed by atoms with van der Waals surface area (Å²) in [4.78, 5) is 4.75. The summed E-state index contributed by atoms with van der Waals surface area (Å²) in [7, 11) is 1.64. The van der Waals surface area contributed by atoms with E-state index < -0.39 is 6.10 Å². The van der Waals surface area contributed by atoms with Crippen LogP contribution in [0.25, 0.3) is 0 Å². The molecule has 0 aliphatic carbocycles. The molecule has 3 aromatic carbocycles. The Balaban J connectivity index is 1.19. The van der Waals surface area contributed by atoms with Crippen molar-refractivity contribution in [2.45, 2.75) is 19.6 Å². The molecule has 1 heterocycles. The Morgan fingerprint density at radius 1 is 0.794 bits per heavy atom. The smallest absolute Gasteiger partial charge is 0.127 e. The average Bonchev–Trinajstić information content (AvgIpc) is 2.86. The third kappa shape index (κ3) is 7.22. The molecule has 0 saturated carbocycles. The number of methoxy groups -OCH3 is 1. The summed E-state index contributed by atoms with van der Waals surface area (Å²) in [6.45, 7) is 7.65. The highest BCUT2D eigenvalue weighted by Gasteiger charge is 2.20. The van der Waals surface area contributed by atoms with Crippen molar-refractivity contribution in [3.05, 3.63) is 83.9 Å². The highest BCUT2D eigenvalue weighted by atomic mass is 16.5. The van der Waals surface area contributed by atoms with Gasteiger partial charge in [-0.15, -0.1) is 0 Å². The van der Waals surface area contributed by atoms with Crippen LogP contribution in [-0.2, 0) is 6.54 Å². The zero-order chi connectivity index (χ0) is 23.8. The standard InChI is InChI=1S/C28H34N2O4/c1-22-6-8-27(9-7-22)34-28-5-3-4-23(18-28)19-29-14-16-30(17-15-29)20-24(31)21-33-26-12-10-25(32-2)11-13-26/h3-13,18,24,31H,14-17,19-21H2,1-2H3. The molecular formula is C28H34N2O4. The zero-order valence-electron chi connectivity index (χ0n) is 20.0. The molecule has 6 heteroatoms. The number of aliphatic hydroxyl groups excluding tert-OH is 1. The Kier molecular flexibility index (Phi) is 8.41. The van der Waals surface area contributed by atoms with Crippen molar-refractivity contribution in [1.82, 2.24) is 9.80 Å². The lowest BCUT2D eigenvalue weighted by atomic mass is 10.1. The maximum atomic E-state index is 10.4. The van der Waals surface area contributed by atoms with Crippen LogP contribution in [0.2, 0.25) is 0 Å². The molecule has 4 rings (SSSR count). The van der Waals surface area contributed by atoms with E-state index in [1.165, 1.54) is 11.1 Å². The Bertz CT molecular complexity index is 1020. The molecule has 0 radical (unpaired) electrons. The Morgan fingerprint density at radius 3 is 2.15 bits per heavy atom. The number of nitrogens with zero attached hydrogens (tertiary/aromatic N) is 2. The van der Waals surface area contributed by atoms with E-state index in [1.807, 2.05) is 48.5 Å². The van der Waals surface area contributed by atoms with E-state index in [2.05, 4.69) is 41.0 Å². The van der Waals surface area contributed by atoms with Gasteiger partial charge >= 0.3 is 0 Å². The molecule has 0 amide bonds. The van der Waals surface area contributed by atoms with Crippen molar-refractivity contribution in [3.63, 3.8) is 0 Å². The van der Waals surface area contributed by atoms with Gasteiger partial charge in [0.15, 0.2) is 0 Å². The minimum absolute atomic E-state index is 0.278. The lowest BCUT2D eigenvalue weighted by molar-refractivity contribution is 0.0446. The fourth-order valence-corrected chi connectivity index (χ4v) is 4.05. The summed E-state index contributed by atoms with van der Waals surface area (Å²) >= 11 is 0. The normalized spacial score (nSPS) is 15.6. The number of aryl methyl sites for hydroxylation is 1. The molecule has 3 aromatic rings. The molecule has 1 saturated heterocycles. The Morgan fingerprint density at radius 2 is 1.44 bits per heavy atom. The number of β-amino-alcohol motifs (C(OH)–C–C–N with tert-alkyl or cyclic N) is 1. The number of rotatable bonds is 10. The third-order valence-electron chi connectivity index (χ3n) is 6.00. The topological polar surface area (TPSA) is 54.4 Å². The van der Waals surface area contributed by atoms with Gasteiger partial charge in [-0.25, -0.2) is 0 Å². The van der Waals surface area contributed by atoms with Crippen molar-refractivity contribution in [1.29, 1.82) is 0 Å². The van der Waals surface area contributed by atoms with Gasteiger partial charge in [-0.05, 0) is 61.0 Å². The molecule has 1 unspecified atom stereocenters. The van der Waals surface area contributed by atoms with Gasteiger partial charge in [0.25, 0.3) is 0 Å². The van der Waals surface area contributed by atoms with Gasteiger partial charge in [0, 0.05) is 39.3 Å². The number of hydrogen-bond donors (Lipinski definition) is 1. The SMILES string of the molecule is COc1ccc(OCC(O)CN2CCN(Cc3cccc(Oc4ccc(C)cc4)c3)CC2)cc1. The summed E-state index contributed by atoms with van der Waals surface area (Å²) in [6, 6.07) is 23.8. The molecule has 6 nitrogen and oxygen atoms in total. The lowest BCUT2D eigenvalue weighted by Crippen LogP contribution is -2.48. The van der Waals surface area contributed by atoms with Gasteiger partial charge in [0.2, 0.25) is 0 Å². The van der Waals surface area contributed by atoms with Gasteiger partial charge in [-0.3, -0.25) is 9.80 Å². The van der Waals surface area contributed by atoms with E-state index >= 15 is 0 Å². The number of aliphatic hydroxyl groups is 1. The molecule has 34 heavy (non-hydrogen) atoms. The molecule has 180 valence electrons. The van der Waals surface area contributed by atoms with Crippen molar-refractivity contribution in [2.75, 3.05) is 46.4 Å². The van der Waals surface area contributed by atoms with Crippen LogP contribution in [0.1, 0.15) is 11.1 Å². The van der Waals surface area contributed by atoms with Gasteiger partial charge in [-0.2, -0.15) is 0 Å². The molecule has 1 N–H and O–H groups in total. The number of piperazine rings is 1. The van der Waals surface area contributed by atoms with E-state index in [1.54, 1.807) is 7.11 Å². The average molecular weight is 463 g/mol. The fraction of sp³-hybridized carbons (Fsp3) is 0.357. The minimum Gasteiger partial charge on any atom is -0.497 e. The van der Waals surface area contributed by atoms with Gasteiger partial charge in [-0.1, -0.05) is 29.8 Å². The predicted octanol–water partition coefficient (Wildman–Crippen LogP) is 4.35. The lowest BCUT2D eigenvalue weighted by Gasteiger charge is -2.35. The molecule has 1 fully saturated rings. The Hall–Kier alpha value is -3.06. The van der Waals surface area contributed by atoms with E-state index in [0.717, 1.165) is 55.7 Å². The zero-order valence-corrected chi connectivity index (χ0v) is 20.0. The number of benzene rings is 3. The van der Waals surface area contributed by atoms with Crippen molar-refractivity contribution in [2.24, 2.45) is 0 Å². The maximum Gasteiger partial charge on any atom is 0.127 e. The largest absolute Gasteiger partial charge is 0.497 e. The van der Waals surface area contributed by atoms with Gasteiger partial charge in [0.05, 0.1) is 7.11 Å². The summed E-state index contributed by atoms with van der Waals surface area (Å²) in [5, 5.41) is 10.4. The Labute approximate surface area is 202 Å². The second kappa shape index (κ2) is 11.9. The molecular weight excluding hydrogens is 428 g/mol. The first-order valence-corrected chi connectivity index (χ1v) is 11.8. The maximum absolute atomic E-state index is 10.4. The third-order valence-corrected chi connectivity index (χ3v) is 6.00. The predicted molar refractivity (Wildman–Crippen MR) is 134 cm³/mol. The van der Waals surface area contributed by atoms with Crippen molar-refractivity contribution < 1.29 is 19.3 Å². The van der Waals surface area contributed by atoms with Crippen molar-refractivity contribution in [3.8, 4) is 23.0 Å². The molecule has 0 aromatic heterocycles. The number of ether oxygens (including phenoxy) is 3. The summed E-state index contributed by atoms with van der Waals surface area (Å²) in [5.74, 6) is 3.24. The highest BCUT2D eigenvalue weighted by Crippen LogP contribution is 2.23. The van der Waals surface area contributed by atoms with Crippen LogP contribution in [0.3, 0.4) is 0 Å². The second-order valence-electron chi connectivity index (χ2n) is 8.78. The van der Waals surface area contributed by atoms with Crippen molar-refractivity contribution >= 4 is 0 Å². The quantitative estimate of drug-likeness (QED) is 0.483. The molecule has 1 aliphatic rings. The summed E-state index contributed by atoms with van der Waals surface area (Å²) < 4.78 is 16.9. The van der Waals surface area contributed by atoms with E-state index in [9.17, 15) is 5.11 Å². The molecule has 0 bridgehead atoms. The molecule has 1 atom stereocenters. The first-order chi connectivity index (χ1) is 16.6. The monoisotopic (exact) mass is 462 g/mol. The van der Waals surface area contributed by atoms with E-state index in [-0.39, 0.29) is 6.61 Å². The van der Waals surface area contributed by atoms with Crippen LogP contribution in [0, 0.1) is 6.92 Å². The summed E-state index contributed by atoms with van der Waals surface area (Å²) in [5.41, 5.74) is 2.46. The van der Waals surface area contributed by atoms with Gasteiger partial charge in [0.1, 0.15) is 35.7 Å². The van der Waals surface area contributed by atoms with E-state index in [4.69, 9.17) is 14.2 Å². The molecule has 1 aliphatic heterocycles. The van der Waals surface area contributed by atoms with Crippen LogP contribution < -0.4 is 14.2 Å². The first-order valence-electron chi connectivity index (χ1n) is 11.8.